The molecule has 0 aliphatic rings. The fourth-order valence-corrected chi connectivity index (χ4v) is 1.58. The summed E-state index contributed by atoms with van der Waals surface area (Å²) in [5.41, 5.74) is 3.01. The molecule has 0 radical (unpaired) electrons. The first-order chi connectivity index (χ1) is 7.20. The van der Waals surface area contributed by atoms with Gasteiger partial charge in [-0.05, 0) is 6.92 Å². The topological polar surface area (TPSA) is 38.1 Å². The molecular weight excluding hydrogens is 188 g/mol. The minimum Gasteiger partial charge on any atom is -0.390 e. The van der Waals surface area contributed by atoms with Gasteiger partial charge in [0.25, 0.3) is 0 Å². The van der Waals surface area contributed by atoms with Crippen molar-refractivity contribution in [1.82, 2.24) is 9.55 Å². The highest BCUT2D eigenvalue weighted by Crippen LogP contribution is 2.18. The summed E-state index contributed by atoms with van der Waals surface area (Å²) in [5.74, 6) is 0.888. The number of hydrogen-bond acceptors (Lipinski definition) is 2. The maximum absolute atomic E-state index is 8.99. The number of aliphatic hydroxyl groups is 1. The number of aryl methyl sites for hydroxylation is 2. The van der Waals surface area contributed by atoms with E-state index in [1.807, 2.05) is 29.9 Å². The van der Waals surface area contributed by atoms with Gasteiger partial charge >= 0.3 is 0 Å². The summed E-state index contributed by atoms with van der Waals surface area (Å²) in [5, 5.41) is 8.99. The maximum atomic E-state index is 8.99. The van der Waals surface area contributed by atoms with Gasteiger partial charge in [0.1, 0.15) is 5.82 Å². The molecule has 0 spiro atoms. The molecule has 15 heavy (non-hydrogen) atoms. The fourth-order valence-electron chi connectivity index (χ4n) is 1.58. The molecule has 0 aliphatic heterocycles. The quantitative estimate of drug-likeness (QED) is 0.807. The first-order valence-electron chi connectivity index (χ1n) is 4.91. The van der Waals surface area contributed by atoms with E-state index in [4.69, 9.17) is 5.11 Å². The summed E-state index contributed by atoms with van der Waals surface area (Å²) in [6.45, 7) is 2.04. The number of rotatable bonds is 2. The molecule has 78 valence electrons. The Morgan fingerprint density at radius 3 is 2.47 bits per heavy atom. The lowest BCUT2D eigenvalue weighted by Gasteiger charge is -2.01. The molecule has 0 saturated heterocycles. The van der Waals surface area contributed by atoms with Crippen molar-refractivity contribution in [3.63, 3.8) is 0 Å². The number of aliphatic hydroxyl groups excluding tert-OH is 1. The Balaban J connectivity index is 2.44. The van der Waals surface area contributed by atoms with Crippen molar-refractivity contribution in [3.8, 4) is 11.4 Å². The largest absolute Gasteiger partial charge is 0.390 e. The van der Waals surface area contributed by atoms with E-state index in [1.165, 1.54) is 5.56 Å². The first kappa shape index (κ1) is 9.93. The molecule has 1 aromatic heterocycles. The van der Waals surface area contributed by atoms with Gasteiger partial charge in [-0.1, -0.05) is 29.8 Å². The van der Waals surface area contributed by atoms with Crippen LogP contribution in [-0.2, 0) is 13.7 Å². The Hall–Kier alpha value is -1.61. The molecule has 0 fully saturated rings. The summed E-state index contributed by atoms with van der Waals surface area (Å²) in [6.07, 6.45) is 1.84. The second-order valence-corrected chi connectivity index (χ2v) is 3.69. The molecule has 0 atom stereocenters. The van der Waals surface area contributed by atoms with Crippen molar-refractivity contribution in [2.24, 2.45) is 7.05 Å². The Bertz CT molecular complexity index is 457. The van der Waals surface area contributed by atoms with Gasteiger partial charge < -0.3 is 9.67 Å². The summed E-state index contributed by atoms with van der Waals surface area (Å²) >= 11 is 0. The zero-order valence-corrected chi connectivity index (χ0v) is 8.94. The fraction of sp³-hybridized carbons (Fsp3) is 0.250. The number of aromatic nitrogens is 2. The highest BCUT2D eigenvalue weighted by Gasteiger charge is 2.06. The molecule has 1 aromatic carbocycles. The molecule has 3 heteroatoms. The monoisotopic (exact) mass is 202 g/mol. The Morgan fingerprint density at radius 1 is 1.27 bits per heavy atom. The number of imidazole rings is 1. The molecule has 1 heterocycles. The lowest BCUT2D eigenvalue weighted by molar-refractivity contribution is 0.277. The molecule has 1 N–H and O–H groups in total. The van der Waals surface area contributed by atoms with Crippen LogP contribution in [-0.4, -0.2) is 14.7 Å². The Morgan fingerprint density at radius 2 is 1.93 bits per heavy atom. The normalized spacial score (nSPS) is 10.6. The minimum absolute atomic E-state index is 0.0142. The molecule has 3 nitrogen and oxygen atoms in total. The number of hydrogen-bond donors (Lipinski definition) is 1. The zero-order chi connectivity index (χ0) is 10.8. The highest BCUT2D eigenvalue weighted by molar-refractivity contribution is 5.56. The predicted molar refractivity (Wildman–Crippen MR) is 59.3 cm³/mol. The van der Waals surface area contributed by atoms with Crippen LogP contribution in [0.1, 0.15) is 11.3 Å². The van der Waals surface area contributed by atoms with Crippen LogP contribution in [0.15, 0.2) is 30.5 Å². The van der Waals surface area contributed by atoms with Crippen molar-refractivity contribution >= 4 is 0 Å². The van der Waals surface area contributed by atoms with Crippen molar-refractivity contribution in [2.75, 3.05) is 0 Å². The number of benzene rings is 1. The smallest absolute Gasteiger partial charge is 0.140 e. The standard InChI is InChI=1S/C12H14N2O/c1-9-3-5-10(6-4-9)12-13-11(8-15)7-14(12)2/h3-7,15H,8H2,1-2H3. The predicted octanol–water partition coefficient (Wildman–Crippen LogP) is 1.89. The Labute approximate surface area is 89.0 Å². The van der Waals surface area contributed by atoms with Gasteiger partial charge in [0.05, 0.1) is 12.3 Å². The van der Waals surface area contributed by atoms with E-state index in [2.05, 4.69) is 24.0 Å². The number of nitrogens with zero attached hydrogens (tertiary/aromatic N) is 2. The van der Waals surface area contributed by atoms with Crippen molar-refractivity contribution in [1.29, 1.82) is 0 Å². The molecule has 2 aromatic rings. The molecule has 0 bridgehead atoms. The van der Waals surface area contributed by atoms with Crippen LogP contribution < -0.4 is 0 Å². The van der Waals surface area contributed by atoms with Gasteiger partial charge in [-0.3, -0.25) is 0 Å². The summed E-state index contributed by atoms with van der Waals surface area (Å²) < 4.78 is 1.93. The maximum Gasteiger partial charge on any atom is 0.140 e. The average molecular weight is 202 g/mol. The van der Waals surface area contributed by atoms with Gasteiger partial charge in [-0.2, -0.15) is 0 Å². The van der Waals surface area contributed by atoms with Crippen molar-refractivity contribution < 1.29 is 5.11 Å². The van der Waals surface area contributed by atoms with Gasteiger partial charge in [-0.25, -0.2) is 4.98 Å². The lowest BCUT2D eigenvalue weighted by atomic mass is 10.1. The highest BCUT2D eigenvalue weighted by atomic mass is 16.3. The first-order valence-corrected chi connectivity index (χ1v) is 4.91. The van der Waals surface area contributed by atoms with Crippen molar-refractivity contribution in [2.45, 2.75) is 13.5 Å². The van der Waals surface area contributed by atoms with Crippen molar-refractivity contribution in [3.05, 3.63) is 41.7 Å². The van der Waals surface area contributed by atoms with Crippen LogP contribution in [0.3, 0.4) is 0 Å². The van der Waals surface area contributed by atoms with E-state index in [1.54, 1.807) is 0 Å². The van der Waals surface area contributed by atoms with E-state index in [-0.39, 0.29) is 6.61 Å². The van der Waals surface area contributed by atoms with Gasteiger partial charge in [0, 0.05) is 18.8 Å². The summed E-state index contributed by atoms with van der Waals surface area (Å²) in [4.78, 5) is 4.34. The summed E-state index contributed by atoms with van der Waals surface area (Å²) in [6, 6.07) is 8.20. The van der Waals surface area contributed by atoms with Crippen LogP contribution in [0.25, 0.3) is 11.4 Å². The van der Waals surface area contributed by atoms with Crippen LogP contribution in [0.5, 0.6) is 0 Å². The Kier molecular flexibility index (Phi) is 2.56. The molecule has 0 unspecified atom stereocenters. The lowest BCUT2D eigenvalue weighted by Crippen LogP contribution is -1.90. The van der Waals surface area contributed by atoms with E-state index in [0.717, 1.165) is 11.4 Å². The second-order valence-electron chi connectivity index (χ2n) is 3.69. The van der Waals surface area contributed by atoms with E-state index in [0.29, 0.717) is 5.69 Å². The van der Waals surface area contributed by atoms with Crippen LogP contribution in [0.2, 0.25) is 0 Å². The van der Waals surface area contributed by atoms with Crippen LogP contribution in [0, 0.1) is 6.92 Å². The van der Waals surface area contributed by atoms with Crippen LogP contribution >= 0.6 is 0 Å². The SMILES string of the molecule is Cc1ccc(-c2nc(CO)cn2C)cc1. The minimum atomic E-state index is -0.0142. The zero-order valence-electron chi connectivity index (χ0n) is 8.94. The molecule has 2 rings (SSSR count). The van der Waals surface area contributed by atoms with E-state index >= 15 is 0 Å². The molecular formula is C12H14N2O. The van der Waals surface area contributed by atoms with Gasteiger partial charge in [-0.15, -0.1) is 0 Å². The van der Waals surface area contributed by atoms with Crippen LogP contribution in [0.4, 0.5) is 0 Å². The second kappa shape index (κ2) is 3.87. The summed E-state index contributed by atoms with van der Waals surface area (Å²) in [7, 11) is 1.93. The third kappa shape index (κ3) is 1.92. The van der Waals surface area contributed by atoms with Gasteiger partial charge in [0.2, 0.25) is 0 Å². The average Bonchev–Trinajstić information content (AvgIpc) is 2.61. The molecule has 0 saturated carbocycles. The van der Waals surface area contributed by atoms with E-state index < -0.39 is 0 Å². The molecule has 0 amide bonds. The third-order valence-corrected chi connectivity index (χ3v) is 2.40. The molecule has 0 aliphatic carbocycles. The van der Waals surface area contributed by atoms with Gasteiger partial charge in [0.15, 0.2) is 0 Å². The third-order valence-electron chi connectivity index (χ3n) is 2.40. The van der Waals surface area contributed by atoms with E-state index in [9.17, 15) is 0 Å².